The Morgan fingerprint density at radius 1 is 1.21 bits per heavy atom. The van der Waals surface area contributed by atoms with Crippen LogP contribution >= 0.6 is 27.5 Å². The van der Waals surface area contributed by atoms with Crippen LogP contribution in [0.4, 0.5) is 0 Å². The van der Waals surface area contributed by atoms with Crippen molar-refractivity contribution in [3.8, 4) is 0 Å². The fourth-order valence-electron chi connectivity index (χ4n) is 1.36. The predicted octanol–water partition coefficient (Wildman–Crippen LogP) is 4.45. The normalized spacial score (nSPS) is 9.42. The van der Waals surface area contributed by atoms with Gasteiger partial charge in [-0.05, 0) is 46.1 Å². The van der Waals surface area contributed by atoms with Gasteiger partial charge < -0.3 is 5.73 Å². The number of amides is 1. The first-order valence-electron chi connectivity index (χ1n) is 5.83. The van der Waals surface area contributed by atoms with Gasteiger partial charge in [0.2, 0.25) is 5.91 Å². The molecule has 0 aromatic heterocycles. The summed E-state index contributed by atoms with van der Waals surface area (Å²) in [5.74, 6) is -0.456. The van der Waals surface area contributed by atoms with E-state index in [1.807, 2.05) is 6.07 Å². The molecule has 0 saturated heterocycles. The van der Waals surface area contributed by atoms with Crippen LogP contribution in [0.15, 0.2) is 53.0 Å². The van der Waals surface area contributed by atoms with E-state index in [2.05, 4.69) is 47.1 Å². The van der Waals surface area contributed by atoms with E-state index in [9.17, 15) is 4.79 Å². The van der Waals surface area contributed by atoms with Crippen LogP contribution in [0.3, 0.4) is 0 Å². The van der Waals surface area contributed by atoms with Gasteiger partial charge >= 0.3 is 0 Å². The molecule has 2 N–H and O–H groups in total. The molecule has 0 fully saturated rings. The molecule has 0 unspecified atom stereocenters. The fraction of sp³-hybridized carbons (Fsp3) is 0.133. The minimum atomic E-state index is -0.456. The number of nitrogens with two attached hydrogens (primary N) is 1. The average Bonchev–Trinajstić information content (AvgIpc) is 2.43. The van der Waals surface area contributed by atoms with Gasteiger partial charge in [-0.1, -0.05) is 48.9 Å². The zero-order valence-electron chi connectivity index (χ0n) is 10.6. The molecule has 2 aromatic rings. The summed E-state index contributed by atoms with van der Waals surface area (Å²) in [6, 6.07) is 15.2. The molecule has 0 aliphatic carbocycles. The summed E-state index contributed by atoms with van der Waals surface area (Å²) in [6.07, 6.45) is 1.14. The summed E-state index contributed by atoms with van der Waals surface area (Å²) in [5, 5.41) is 0.565. The molecule has 0 saturated carbocycles. The molecular formula is C15H15BrClNO. The summed E-state index contributed by atoms with van der Waals surface area (Å²) in [7, 11) is 0. The Bertz CT molecular complexity index is 543. The number of primary amides is 1. The van der Waals surface area contributed by atoms with Crippen molar-refractivity contribution in [3.05, 3.63) is 69.2 Å². The molecule has 0 bridgehead atoms. The van der Waals surface area contributed by atoms with Gasteiger partial charge in [0.1, 0.15) is 0 Å². The molecule has 0 spiro atoms. The van der Waals surface area contributed by atoms with Crippen molar-refractivity contribution in [2.45, 2.75) is 13.3 Å². The number of aryl methyl sites for hydroxylation is 1. The number of benzene rings is 2. The van der Waals surface area contributed by atoms with Crippen molar-refractivity contribution in [2.24, 2.45) is 5.73 Å². The number of rotatable bonds is 2. The lowest BCUT2D eigenvalue weighted by molar-refractivity contribution is 0.100. The van der Waals surface area contributed by atoms with Gasteiger partial charge in [0.05, 0.1) is 5.02 Å². The van der Waals surface area contributed by atoms with Crippen molar-refractivity contribution in [2.75, 3.05) is 0 Å². The van der Waals surface area contributed by atoms with Crippen LogP contribution in [0.1, 0.15) is 22.8 Å². The van der Waals surface area contributed by atoms with Crippen LogP contribution in [0.25, 0.3) is 0 Å². The highest BCUT2D eigenvalue weighted by atomic mass is 79.9. The molecule has 0 radical (unpaired) electrons. The van der Waals surface area contributed by atoms with E-state index >= 15 is 0 Å². The quantitative estimate of drug-likeness (QED) is 0.862. The highest BCUT2D eigenvalue weighted by molar-refractivity contribution is 9.10. The second kappa shape index (κ2) is 7.97. The van der Waals surface area contributed by atoms with Gasteiger partial charge in [-0.15, -0.1) is 0 Å². The third-order valence-corrected chi connectivity index (χ3v) is 3.67. The number of hydrogen-bond acceptors (Lipinski definition) is 1. The molecule has 0 heterocycles. The molecule has 100 valence electrons. The highest BCUT2D eigenvalue weighted by Crippen LogP contribution is 2.22. The Hall–Kier alpha value is -1.32. The molecule has 19 heavy (non-hydrogen) atoms. The molecule has 2 rings (SSSR count). The monoisotopic (exact) mass is 339 g/mol. The smallest absolute Gasteiger partial charge is 0.248 e. The maximum absolute atomic E-state index is 10.6. The Morgan fingerprint density at radius 2 is 1.84 bits per heavy atom. The van der Waals surface area contributed by atoms with Gasteiger partial charge in [-0.2, -0.15) is 0 Å². The average molecular weight is 341 g/mol. The minimum Gasteiger partial charge on any atom is -0.366 e. The first-order valence-corrected chi connectivity index (χ1v) is 7.00. The summed E-state index contributed by atoms with van der Waals surface area (Å²) in [5.41, 5.74) is 6.89. The fourth-order valence-corrected chi connectivity index (χ4v) is 1.86. The molecule has 2 aromatic carbocycles. The summed E-state index contributed by atoms with van der Waals surface area (Å²) >= 11 is 8.86. The van der Waals surface area contributed by atoms with Crippen molar-refractivity contribution in [3.63, 3.8) is 0 Å². The molecule has 0 atom stereocenters. The Morgan fingerprint density at radius 3 is 2.26 bits per heavy atom. The number of carbonyl (C=O) groups is 1. The second-order valence-corrected chi connectivity index (χ2v) is 5.09. The van der Waals surface area contributed by atoms with Crippen LogP contribution in [-0.4, -0.2) is 5.91 Å². The van der Waals surface area contributed by atoms with Crippen LogP contribution in [0.2, 0.25) is 5.02 Å². The van der Waals surface area contributed by atoms with Gasteiger partial charge in [0.15, 0.2) is 0 Å². The van der Waals surface area contributed by atoms with E-state index in [1.54, 1.807) is 18.2 Å². The van der Waals surface area contributed by atoms with Gasteiger partial charge in [-0.3, -0.25) is 4.79 Å². The Kier molecular flexibility index (Phi) is 6.60. The Balaban J connectivity index is 0.000000200. The molecule has 1 amide bonds. The summed E-state index contributed by atoms with van der Waals surface area (Å²) in [6.45, 7) is 2.16. The van der Waals surface area contributed by atoms with Crippen LogP contribution in [-0.2, 0) is 6.42 Å². The van der Waals surface area contributed by atoms with Gasteiger partial charge in [0.25, 0.3) is 0 Å². The molecule has 0 aliphatic rings. The maximum atomic E-state index is 10.6. The first kappa shape index (κ1) is 15.7. The summed E-state index contributed by atoms with van der Waals surface area (Å²) in [4.78, 5) is 10.6. The van der Waals surface area contributed by atoms with Crippen molar-refractivity contribution in [1.82, 2.24) is 0 Å². The van der Waals surface area contributed by atoms with E-state index in [0.29, 0.717) is 15.1 Å². The van der Waals surface area contributed by atoms with Crippen molar-refractivity contribution < 1.29 is 4.79 Å². The van der Waals surface area contributed by atoms with E-state index < -0.39 is 5.91 Å². The lowest BCUT2D eigenvalue weighted by Crippen LogP contribution is -2.10. The number of hydrogen-bond donors (Lipinski definition) is 1. The van der Waals surface area contributed by atoms with Gasteiger partial charge in [0, 0.05) is 10.0 Å². The third-order valence-electron chi connectivity index (χ3n) is 2.46. The van der Waals surface area contributed by atoms with E-state index in [-0.39, 0.29) is 0 Å². The number of halogens is 2. The predicted molar refractivity (Wildman–Crippen MR) is 83.5 cm³/mol. The highest BCUT2D eigenvalue weighted by Gasteiger charge is 2.02. The second-order valence-electron chi connectivity index (χ2n) is 3.83. The maximum Gasteiger partial charge on any atom is 0.248 e. The minimum absolute atomic E-state index is 0.446. The van der Waals surface area contributed by atoms with Crippen molar-refractivity contribution in [1.29, 1.82) is 0 Å². The first-order chi connectivity index (χ1) is 9.04. The topological polar surface area (TPSA) is 43.1 Å². The largest absolute Gasteiger partial charge is 0.366 e. The molecule has 4 heteroatoms. The number of carbonyl (C=O) groups excluding carboxylic acids is 1. The zero-order valence-corrected chi connectivity index (χ0v) is 12.9. The lowest BCUT2D eigenvalue weighted by Gasteiger charge is -1.97. The SMILES string of the molecule is CCc1ccccc1.NC(=O)c1ccc(Cl)c(Br)c1. The molecule has 0 aliphatic heterocycles. The van der Waals surface area contributed by atoms with Crippen LogP contribution < -0.4 is 5.73 Å². The Labute approximate surface area is 126 Å². The van der Waals surface area contributed by atoms with Gasteiger partial charge in [-0.25, -0.2) is 0 Å². The van der Waals surface area contributed by atoms with Crippen LogP contribution in [0.5, 0.6) is 0 Å². The zero-order chi connectivity index (χ0) is 14.3. The molecule has 2 nitrogen and oxygen atoms in total. The van der Waals surface area contributed by atoms with Crippen molar-refractivity contribution >= 4 is 33.4 Å². The van der Waals surface area contributed by atoms with Crippen LogP contribution in [0, 0.1) is 0 Å². The van der Waals surface area contributed by atoms with E-state index in [4.69, 9.17) is 17.3 Å². The lowest BCUT2D eigenvalue weighted by atomic mass is 10.2. The third kappa shape index (κ3) is 5.45. The standard InChI is InChI=1S/C8H10.C7H5BrClNO/c1-2-8-6-4-3-5-7-8;8-5-3-4(7(10)11)1-2-6(5)9/h3-7H,2H2,1H3;1-3H,(H2,10,11). The van der Waals surface area contributed by atoms with E-state index in [0.717, 1.165) is 6.42 Å². The summed E-state index contributed by atoms with van der Waals surface area (Å²) < 4.78 is 0.676. The van der Waals surface area contributed by atoms with E-state index in [1.165, 1.54) is 5.56 Å². The molecular weight excluding hydrogens is 326 g/mol.